The lowest BCUT2D eigenvalue weighted by Gasteiger charge is -2.38. The number of hydrogen-bond acceptors (Lipinski definition) is 3. The van der Waals surface area contributed by atoms with E-state index in [4.69, 9.17) is 4.74 Å². The van der Waals surface area contributed by atoms with E-state index in [-0.39, 0.29) is 6.10 Å². The maximum atomic E-state index is 9.93. The van der Waals surface area contributed by atoms with Gasteiger partial charge in [0.25, 0.3) is 0 Å². The van der Waals surface area contributed by atoms with Crippen LogP contribution >= 0.6 is 0 Å². The first-order valence-electron chi connectivity index (χ1n) is 6.74. The van der Waals surface area contributed by atoms with E-state index in [1.54, 1.807) is 6.07 Å². The van der Waals surface area contributed by atoms with Gasteiger partial charge in [-0.15, -0.1) is 0 Å². The molecule has 0 radical (unpaired) electrons. The first-order valence-corrected chi connectivity index (χ1v) is 6.74. The van der Waals surface area contributed by atoms with E-state index in [1.807, 2.05) is 6.07 Å². The Kier molecular flexibility index (Phi) is 4.25. The van der Waals surface area contributed by atoms with Crippen LogP contribution in [-0.2, 0) is 11.3 Å². The molecule has 0 bridgehead atoms. The average molecular weight is 249 g/mol. The van der Waals surface area contributed by atoms with E-state index in [0.717, 1.165) is 31.7 Å². The average Bonchev–Trinajstić information content (AvgIpc) is 2.34. The summed E-state index contributed by atoms with van der Waals surface area (Å²) in [5, 5.41) is 9.93. The number of nitrogens with zero attached hydrogens (tertiary/aromatic N) is 1. The Morgan fingerprint density at radius 1 is 1.44 bits per heavy atom. The fourth-order valence-electron chi connectivity index (χ4n) is 2.54. The van der Waals surface area contributed by atoms with Gasteiger partial charge in [-0.2, -0.15) is 0 Å². The predicted molar refractivity (Wildman–Crippen MR) is 72.7 cm³/mol. The number of phenolic OH excluding ortho intramolecular Hbond substituents is 1. The van der Waals surface area contributed by atoms with Crippen molar-refractivity contribution in [2.75, 3.05) is 13.2 Å². The largest absolute Gasteiger partial charge is 0.508 e. The van der Waals surface area contributed by atoms with E-state index in [0.29, 0.717) is 11.8 Å². The Morgan fingerprint density at radius 3 is 2.94 bits per heavy atom. The summed E-state index contributed by atoms with van der Waals surface area (Å²) < 4.78 is 5.70. The zero-order valence-corrected chi connectivity index (χ0v) is 11.5. The highest BCUT2D eigenvalue weighted by Crippen LogP contribution is 2.23. The van der Waals surface area contributed by atoms with Crippen LogP contribution in [0.15, 0.2) is 18.2 Å². The highest BCUT2D eigenvalue weighted by atomic mass is 16.5. The minimum atomic E-state index is 0.278. The van der Waals surface area contributed by atoms with E-state index < -0.39 is 0 Å². The number of morpholine rings is 1. The van der Waals surface area contributed by atoms with Crippen LogP contribution in [0, 0.1) is 6.92 Å². The monoisotopic (exact) mass is 249 g/mol. The molecule has 0 saturated carbocycles. The van der Waals surface area contributed by atoms with Gasteiger partial charge in [0.05, 0.1) is 12.7 Å². The lowest BCUT2D eigenvalue weighted by Crippen LogP contribution is -2.47. The molecule has 1 fully saturated rings. The molecule has 1 aliphatic heterocycles. The van der Waals surface area contributed by atoms with Crippen LogP contribution in [0.1, 0.15) is 31.4 Å². The van der Waals surface area contributed by atoms with Gasteiger partial charge >= 0.3 is 0 Å². The molecule has 18 heavy (non-hydrogen) atoms. The molecule has 1 aromatic carbocycles. The highest BCUT2D eigenvalue weighted by Gasteiger charge is 2.25. The molecule has 3 heteroatoms. The molecule has 0 aromatic heterocycles. The molecule has 1 aliphatic rings. The molecule has 2 unspecified atom stereocenters. The zero-order chi connectivity index (χ0) is 13.1. The molecule has 1 saturated heterocycles. The lowest BCUT2D eigenvalue weighted by atomic mass is 10.1. The molecule has 100 valence electrons. The fraction of sp³-hybridized carbons (Fsp3) is 0.600. The van der Waals surface area contributed by atoms with Gasteiger partial charge in [0.1, 0.15) is 5.75 Å². The van der Waals surface area contributed by atoms with Crippen molar-refractivity contribution in [2.45, 2.75) is 45.9 Å². The number of aromatic hydroxyl groups is 1. The quantitative estimate of drug-likeness (QED) is 0.894. The van der Waals surface area contributed by atoms with Gasteiger partial charge in [-0.1, -0.05) is 24.6 Å². The molecule has 0 spiro atoms. The van der Waals surface area contributed by atoms with Crippen LogP contribution in [0.4, 0.5) is 0 Å². The summed E-state index contributed by atoms with van der Waals surface area (Å²) in [5.41, 5.74) is 2.21. The number of benzene rings is 1. The Hall–Kier alpha value is -1.06. The molecule has 2 rings (SSSR count). The van der Waals surface area contributed by atoms with Crippen molar-refractivity contribution >= 4 is 0 Å². The van der Waals surface area contributed by atoms with E-state index in [2.05, 4.69) is 31.7 Å². The number of rotatable bonds is 3. The minimum absolute atomic E-state index is 0.278. The minimum Gasteiger partial charge on any atom is -0.508 e. The predicted octanol–water partition coefficient (Wildman–Crippen LogP) is 2.70. The van der Waals surface area contributed by atoms with Gasteiger partial charge in [-0.3, -0.25) is 4.90 Å². The molecule has 1 aromatic rings. The van der Waals surface area contributed by atoms with Crippen molar-refractivity contribution < 1.29 is 9.84 Å². The van der Waals surface area contributed by atoms with Crippen molar-refractivity contribution in [3.05, 3.63) is 29.3 Å². The molecule has 2 atom stereocenters. The Labute approximate surface area is 109 Å². The Balaban J connectivity index is 2.12. The van der Waals surface area contributed by atoms with Crippen molar-refractivity contribution in [3.8, 4) is 5.75 Å². The summed E-state index contributed by atoms with van der Waals surface area (Å²) in [6.45, 7) is 8.89. The topological polar surface area (TPSA) is 32.7 Å². The number of aryl methyl sites for hydroxylation is 1. The third-order valence-corrected chi connectivity index (χ3v) is 3.66. The van der Waals surface area contributed by atoms with Gasteiger partial charge in [-0.05, 0) is 26.3 Å². The van der Waals surface area contributed by atoms with Gasteiger partial charge in [0.2, 0.25) is 0 Å². The summed E-state index contributed by atoms with van der Waals surface area (Å²) in [5.74, 6) is 0.398. The van der Waals surface area contributed by atoms with E-state index >= 15 is 0 Å². The second-order valence-corrected chi connectivity index (χ2v) is 5.27. The second-order valence-electron chi connectivity index (χ2n) is 5.27. The van der Waals surface area contributed by atoms with Crippen LogP contribution in [0.25, 0.3) is 0 Å². The summed E-state index contributed by atoms with van der Waals surface area (Å²) in [7, 11) is 0. The lowest BCUT2D eigenvalue weighted by molar-refractivity contribution is -0.0593. The van der Waals surface area contributed by atoms with Gasteiger partial charge in [0, 0.05) is 24.7 Å². The van der Waals surface area contributed by atoms with E-state index in [1.165, 1.54) is 5.56 Å². The van der Waals surface area contributed by atoms with Crippen LogP contribution in [-0.4, -0.2) is 35.3 Å². The van der Waals surface area contributed by atoms with Gasteiger partial charge < -0.3 is 9.84 Å². The third-order valence-electron chi connectivity index (χ3n) is 3.66. The van der Waals surface area contributed by atoms with E-state index in [9.17, 15) is 5.11 Å². The first kappa shape index (κ1) is 13.4. The normalized spacial score (nSPS) is 25.3. The zero-order valence-electron chi connectivity index (χ0n) is 11.5. The van der Waals surface area contributed by atoms with Crippen LogP contribution in [0.3, 0.4) is 0 Å². The molecule has 3 nitrogen and oxygen atoms in total. The number of phenols is 1. The summed E-state index contributed by atoms with van der Waals surface area (Å²) in [4.78, 5) is 2.42. The SMILES string of the molecule is CCC1COC(C)CN1Cc1cc(C)ccc1O. The summed E-state index contributed by atoms with van der Waals surface area (Å²) in [6.07, 6.45) is 1.36. The van der Waals surface area contributed by atoms with Gasteiger partial charge in [0.15, 0.2) is 0 Å². The van der Waals surface area contributed by atoms with Gasteiger partial charge in [-0.25, -0.2) is 0 Å². The maximum Gasteiger partial charge on any atom is 0.120 e. The van der Waals surface area contributed by atoms with Crippen molar-refractivity contribution in [1.29, 1.82) is 0 Å². The smallest absolute Gasteiger partial charge is 0.120 e. The van der Waals surface area contributed by atoms with Crippen LogP contribution < -0.4 is 0 Å². The fourth-order valence-corrected chi connectivity index (χ4v) is 2.54. The molecule has 1 heterocycles. The standard InChI is InChI=1S/C15H23NO2/c1-4-14-10-18-12(3)8-16(14)9-13-7-11(2)5-6-15(13)17/h5-7,12,14,17H,4,8-10H2,1-3H3. The Bertz CT molecular complexity index is 405. The number of ether oxygens (including phenoxy) is 1. The molecular formula is C15H23NO2. The maximum absolute atomic E-state index is 9.93. The Morgan fingerprint density at radius 2 is 2.22 bits per heavy atom. The highest BCUT2D eigenvalue weighted by molar-refractivity contribution is 5.35. The molecular weight excluding hydrogens is 226 g/mol. The van der Waals surface area contributed by atoms with Crippen LogP contribution in [0.2, 0.25) is 0 Å². The first-order chi connectivity index (χ1) is 8.60. The molecule has 0 amide bonds. The van der Waals surface area contributed by atoms with Crippen molar-refractivity contribution in [3.63, 3.8) is 0 Å². The third kappa shape index (κ3) is 3.03. The number of hydrogen-bond donors (Lipinski definition) is 1. The summed E-state index contributed by atoms with van der Waals surface area (Å²) >= 11 is 0. The molecule has 0 aliphatic carbocycles. The van der Waals surface area contributed by atoms with Crippen molar-refractivity contribution in [1.82, 2.24) is 4.90 Å². The van der Waals surface area contributed by atoms with Crippen LogP contribution in [0.5, 0.6) is 5.75 Å². The molecule has 1 N–H and O–H groups in total. The summed E-state index contributed by atoms with van der Waals surface area (Å²) in [6, 6.07) is 6.26. The van der Waals surface area contributed by atoms with Crippen molar-refractivity contribution in [2.24, 2.45) is 0 Å². The second kappa shape index (κ2) is 5.72.